The van der Waals surface area contributed by atoms with Crippen molar-refractivity contribution in [2.45, 2.75) is 26.7 Å². The second-order valence-electron chi connectivity index (χ2n) is 5.75. The average molecular weight is 321 g/mol. The highest BCUT2D eigenvalue weighted by Crippen LogP contribution is 2.23. The lowest BCUT2D eigenvalue weighted by atomic mass is 10.1. The highest BCUT2D eigenvalue weighted by molar-refractivity contribution is 5.57. The van der Waals surface area contributed by atoms with Crippen molar-refractivity contribution in [2.75, 3.05) is 5.32 Å². The van der Waals surface area contributed by atoms with E-state index in [2.05, 4.69) is 39.3 Å². The Labute approximate surface area is 141 Å². The molecule has 122 valence electrons. The Kier molecular flexibility index (Phi) is 4.65. The van der Waals surface area contributed by atoms with Crippen molar-refractivity contribution in [1.29, 1.82) is 0 Å². The quantitative estimate of drug-likeness (QED) is 0.758. The molecule has 0 bridgehead atoms. The van der Waals surface area contributed by atoms with Gasteiger partial charge < -0.3 is 10.1 Å². The molecule has 0 fully saturated rings. The molecule has 0 aliphatic carbocycles. The highest BCUT2D eigenvalue weighted by Gasteiger charge is 2.04. The Bertz CT molecular complexity index is 800. The molecule has 0 spiro atoms. The molecular formula is C18H19N5O. The van der Waals surface area contributed by atoms with Crippen LogP contribution in [0.1, 0.15) is 31.2 Å². The first-order chi connectivity index (χ1) is 11.6. The van der Waals surface area contributed by atoms with Gasteiger partial charge >= 0.3 is 0 Å². The summed E-state index contributed by atoms with van der Waals surface area (Å²) in [4.78, 5) is 8.51. The molecule has 0 saturated carbocycles. The lowest BCUT2D eigenvalue weighted by molar-refractivity contribution is 0.454. The maximum atomic E-state index is 5.66. The number of hydrogen-bond acceptors (Lipinski definition) is 6. The second kappa shape index (κ2) is 7.04. The van der Waals surface area contributed by atoms with E-state index in [-0.39, 0.29) is 0 Å². The zero-order valence-electron chi connectivity index (χ0n) is 13.9. The number of ether oxygens (including phenoxy) is 1. The van der Waals surface area contributed by atoms with Crippen molar-refractivity contribution in [3.8, 4) is 11.6 Å². The molecule has 0 amide bonds. The van der Waals surface area contributed by atoms with Crippen molar-refractivity contribution in [1.82, 2.24) is 20.2 Å². The molecular weight excluding hydrogens is 302 g/mol. The highest BCUT2D eigenvalue weighted by atomic mass is 16.5. The Balaban J connectivity index is 1.68. The standard InChI is InChI=1S/C18H19N5O/c1-12(2)16-10-17(20-11-19-16)21-14-5-7-15(8-6-14)24-18-9-4-13(3)22-23-18/h4-12H,1-3H3,(H,19,20,21). The van der Waals surface area contributed by atoms with Gasteiger partial charge in [-0.1, -0.05) is 13.8 Å². The molecule has 24 heavy (non-hydrogen) atoms. The van der Waals surface area contributed by atoms with Crippen molar-refractivity contribution < 1.29 is 4.74 Å². The van der Waals surface area contributed by atoms with Crippen molar-refractivity contribution in [2.24, 2.45) is 0 Å². The van der Waals surface area contributed by atoms with Gasteiger partial charge in [-0.2, -0.15) is 5.10 Å². The number of aryl methyl sites for hydroxylation is 1. The molecule has 1 aromatic carbocycles. The summed E-state index contributed by atoms with van der Waals surface area (Å²) in [6.45, 7) is 6.09. The lowest BCUT2D eigenvalue weighted by Crippen LogP contribution is -1.98. The Morgan fingerprint density at radius 3 is 2.42 bits per heavy atom. The monoisotopic (exact) mass is 321 g/mol. The van der Waals surface area contributed by atoms with E-state index in [0.717, 1.165) is 22.9 Å². The molecule has 0 aliphatic rings. The van der Waals surface area contributed by atoms with Crippen LogP contribution in [0.15, 0.2) is 48.8 Å². The maximum Gasteiger partial charge on any atom is 0.238 e. The summed E-state index contributed by atoms with van der Waals surface area (Å²) in [7, 11) is 0. The smallest absolute Gasteiger partial charge is 0.238 e. The minimum absolute atomic E-state index is 0.361. The van der Waals surface area contributed by atoms with Crippen LogP contribution in [0.25, 0.3) is 0 Å². The van der Waals surface area contributed by atoms with Gasteiger partial charge in [0.1, 0.15) is 17.9 Å². The van der Waals surface area contributed by atoms with Gasteiger partial charge in [0.25, 0.3) is 0 Å². The first-order valence-corrected chi connectivity index (χ1v) is 7.77. The summed E-state index contributed by atoms with van der Waals surface area (Å²) in [5.41, 5.74) is 2.78. The molecule has 0 unspecified atom stereocenters. The van der Waals surface area contributed by atoms with E-state index in [9.17, 15) is 0 Å². The van der Waals surface area contributed by atoms with Crippen molar-refractivity contribution >= 4 is 11.5 Å². The molecule has 1 N–H and O–H groups in total. The van der Waals surface area contributed by atoms with Crippen LogP contribution in [-0.2, 0) is 0 Å². The molecule has 3 rings (SSSR count). The fourth-order valence-corrected chi connectivity index (χ4v) is 2.07. The van der Waals surface area contributed by atoms with Gasteiger partial charge in [-0.25, -0.2) is 9.97 Å². The van der Waals surface area contributed by atoms with Gasteiger partial charge in [-0.05, 0) is 43.2 Å². The van der Waals surface area contributed by atoms with Gasteiger partial charge in [-0.15, -0.1) is 5.10 Å². The SMILES string of the molecule is Cc1ccc(Oc2ccc(Nc3cc(C(C)C)ncn3)cc2)nn1. The zero-order valence-corrected chi connectivity index (χ0v) is 13.9. The van der Waals surface area contributed by atoms with Gasteiger partial charge in [0.15, 0.2) is 0 Å². The third kappa shape index (κ3) is 4.04. The molecule has 2 heterocycles. The largest absolute Gasteiger partial charge is 0.438 e. The van der Waals surface area contributed by atoms with Gasteiger partial charge in [0, 0.05) is 23.5 Å². The molecule has 0 radical (unpaired) electrons. The molecule has 6 nitrogen and oxygen atoms in total. The minimum Gasteiger partial charge on any atom is -0.438 e. The van der Waals surface area contributed by atoms with Crippen LogP contribution >= 0.6 is 0 Å². The van der Waals surface area contributed by atoms with Crippen LogP contribution in [0, 0.1) is 6.92 Å². The number of aromatic nitrogens is 4. The molecule has 0 saturated heterocycles. The Morgan fingerprint density at radius 2 is 1.75 bits per heavy atom. The minimum atomic E-state index is 0.361. The summed E-state index contributed by atoms with van der Waals surface area (Å²) in [5, 5.41) is 11.2. The van der Waals surface area contributed by atoms with Crippen LogP contribution in [0.3, 0.4) is 0 Å². The summed E-state index contributed by atoms with van der Waals surface area (Å²) in [5.74, 6) is 2.30. The van der Waals surface area contributed by atoms with E-state index in [4.69, 9.17) is 4.74 Å². The van der Waals surface area contributed by atoms with E-state index < -0.39 is 0 Å². The van der Waals surface area contributed by atoms with E-state index in [1.165, 1.54) is 0 Å². The molecule has 0 atom stereocenters. The first-order valence-electron chi connectivity index (χ1n) is 7.77. The number of nitrogens with zero attached hydrogens (tertiary/aromatic N) is 4. The number of rotatable bonds is 5. The van der Waals surface area contributed by atoms with E-state index in [0.29, 0.717) is 17.5 Å². The predicted molar refractivity (Wildman–Crippen MR) is 92.7 cm³/mol. The third-order valence-electron chi connectivity index (χ3n) is 3.40. The first kappa shape index (κ1) is 15.9. The number of benzene rings is 1. The van der Waals surface area contributed by atoms with Gasteiger partial charge in [0.2, 0.25) is 5.88 Å². The molecule has 0 aliphatic heterocycles. The summed E-state index contributed by atoms with van der Waals surface area (Å²) < 4.78 is 5.66. The Morgan fingerprint density at radius 1 is 0.958 bits per heavy atom. The molecule has 3 aromatic rings. The van der Waals surface area contributed by atoms with Gasteiger partial charge in [0.05, 0.1) is 5.69 Å². The Hall–Kier alpha value is -3.02. The fourth-order valence-electron chi connectivity index (χ4n) is 2.07. The fraction of sp³-hybridized carbons (Fsp3) is 0.222. The normalized spacial score (nSPS) is 10.7. The number of nitrogens with one attached hydrogen (secondary N) is 1. The van der Waals surface area contributed by atoms with E-state index in [1.54, 1.807) is 12.4 Å². The predicted octanol–water partition coefficient (Wildman–Crippen LogP) is 4.23. The maximum absolute atomic E-state index is 5.66. The average Bonchev–Trinajstić information content (AvgIpc) is 2.59. The van der Waals surface area contributed by atoms with Crippen LogP contribution in [0.5, 0.6) is 11.6 Å². The molecule has 6 heteroatoms. The van der Waals surface area contributed by atoms with Crippen LogP contribution in [-0.4, -0.2) is 20.2 Å². The molecule has 2 aromatic heterocycles. The lowest BCUT2D eigenvalue weighted by Gasteiger charge is -2.09. The topological polar surface area (TPSA) is 72.8 Å². The second-order valence-corrected chi connectivity index (χ2v) is 5.75. The van der Waals surface area contributed by atoms with Crippen LogP contribution < -0.4 is 10.1 Å². The van der Waals surface area contributed by atoms with E-state index >= 15 is 0 Å². The summed E-state index contributed by atoms with van der Waals surface area (Å²) in [6, 6.07) is 13.2. The summed E-state index contributed by atoms with van der Waals surface area (Å²) in [6.07, 6.45) is 1.57. The number of anilines is 2. The zero-order chi connectivity index (χ0) is 16.9. The van der Waals surface area contributed by atoms with Crippen molar-refractivity contribution in [3.05, 3.63) is 60.2 Å². The van der Waals surface area contributed by atoms with Gasteiger partial charge in [-0.3, -0.25) is 0 Å². The third-order valence-corrected chi connectivity index (χ3v) is 3.40. The van der Waals surface area contributed by atoms with Crippen LogP contribution in [0.4, 0.5) is 11.5 Å². The van der Waals surface area contributed by atoms with Crippen molar-refractivity contribution in [3.63, 3.8) is 0 Å². The summed E-state index contributed by atoms with van der Waals surface area (Å²) >= 11 is 0. The van der Waals surface area contributed by atoms with E-state index in [1.807, 2.05) is 43.3 Å². The number of hydrogen-bond donors (Lipinski definition) is 1. The van der Waals surface area contributed by atoms with Crippen LogP contribution in [0.2, 0.25) is 0 Å².